The van der Waals surface area contributed by atoms with Gasteiger partial charge in [-0.3, -0.25) is 5.10 Å². The van der Waals surface area contributed by atoms with Crippen LogP contribution < -0.4 is 0 Å². The van der Waals surface area contributed by atoms with E-state index in [-0.39, 0.29) is 18.1 Å². The molecule has 0 aromatic carbocycles. The second-order valence-electron chi connectivity index (χ2n) is 2.33. The van der Waals surface area contributed by atoms with Crippen molar-refractivity contribution in [2.24, 2.45) is 0 Å². The Labute approximate surface area is 71.4 Å². The zero-order chi connectivity index (χ0) is 9.90. The molecule has 0 atom stereocenters. The molecular weight excluding hydrogens is 185 g/mol. The zero-order valence-corrected chi connectivity index (χ0v) is 6.39. The van der Waals surface area contributed by atoms with Crippen LogP contribution in [0.2, 0.25) is 0 Å². The summed E-state index contributed by atoms with van der Waals surface area (Å²) in [5.41, 5.74) is 0. The van der Waals surface area contributed by atoms with Crippen molar-refractivity contribution in [2.45, 2.75) is 19.0 Å². The molecule has 1 rings (SSSR count). The predicted molar refractivity (Wildman–Crippen MR) is 35.5 cm³/mol. The fourth-order valence-electron chi connectivity index (χ4n) is 0.754. The molecule has 7 heteroatoms. The van der Waals surface area contributed by atoms with Gasteiger partial charge in [-0.2, -0.15) is 23.5 Å². The number of hydrogen-bond acceptors (Lipinski definition) is 3. The number of nitrogens with one attached hydrogen (secondary N) is 1. The van der Waals surface area contributed by atoms with Gasteiger partial charge < -0.3 is 0 Å². The summed E-state index contributed by atoms with van der Waals surface area (Å²) in [6.45, 7) is 0. The van der Waals surface area contributed by atoms with Gasteiger partial charge in [-0.15, -0.1) is 0 Å². The number of aromatic nitrogens is 3. The molecule has 0 bridgehead atoms. The molecule has 70 valence electrons. The maximum absolute atomic E-state index is 11.8. The van der Waals surface area contributed by atoms with Crippen LogP contribution in [0.5, 0.6) is 0 Å². The minimum Gasteiger partial charge on any atom is -0.263 e. The summed E-state index contributed by atoms with van der Waals surface area (Å²) in [7, 11) is 0. The first-order valence-corrected chi connectivity index (χ1v) is 3.35. The first kappa shape index (κ1) is 9.51. The zero-order valence-electron chi connectivity index (χ0n) is 6.39. The van der Waals surface area contributed by atoms with Crippen molar-refractivity contribution in [1.29, 1.82) is 5.26 Å². The Morgan fingerprint density at radius 3 is 2.69 bits per heavy atom. The number of nitrogens with zero attached hydrogens (tertiary/aromatic N) is 3. The van der Waals surface area contributed by atoms with Crippen molar-refractivity contribution in [3.8, 4) is 6.07 Å². The summed E-state index contributed by atoms with van der Waals surface area (Å²) < 4.78 is 35.4. The molecule has 1 aromatic rings. The molecule has 0 unspecified atom stereocenters. The van der Waals surface area contributed by atoms with Gasteiger partial charge in [0.15, 0.2) is 5.82 Å². The molecule has 0 saturated heterocycles. The smallest absolute Gasteiger partial charge is 0.263 e. The summed E-state index contributed by atoms with van der Waals surface area (Å²) in [5.74, 6) is -0.181. The summed E-state index contributed by atoms with van der Waals surface area (Å²) in [6, 6.07) is 1.73. The van der Waals surface area contributed by atoms with Crippen LogP contribution >= 0.6 is 0 Å². The van der Waals surface area contributed by atoms with Gasteiger partial charge in [0.05, 0.1) is 12.5 Å². The molecular formula is C6H5F3N4. The highest BCUT2D eigenvalue weighted by Gasteiger charge is 2.29. The lowest BCUT2D eigenvalue weighted by Crippen LogP contribution is -2.12. The molecule has 1 N–H and O–H groups in total. The molecule has 1 aromatic heterocycles. The molecule has 0 saturated carbocycles. The van der Waals surface area contributed by atoms with Crippen molar-refractivity contribution in [3.05, 3.63) is 11.6 Å². The molecule has 1 heterocycles. The summed E-state index contributed by atoms with van der Waals surface area (Å²) in [4.78, 5) is 3.48. The fourth-order valence-corrected chi connectivity index (χ4v) is 0.754. The van der Waals surface area contributed by atoms with Crippen LogP contribution in [0.4, 0.5) is 13.2 Å². The maximum Gasteiger partial charge on any atom is 0.396 e. The third kappa shape index (κ3) is 3.11. The van der Waals surface area contributed by atoms with E-state index in [4.69, 9.17) is 5.26 Å². The molecule has 0 spiro atoms. The van der Waals surface area contributed by atoms with E-state index in [2.05, 4.69) is 15.2 Å². The SMILES string of the molecule is N#CCc1n[nH]c(CC(F)(F)F)n1. The van der Waals surface area contributed by atoms with Gasteiger partial charge in [0.1, 0.15) is 12.2 Å². The van der Waals surface area contributed by atoms with E-state index in [9.17, 15) is 13.2 Å². The van der Waals surface area contributed by atoms with E-state index in [1.807, 2.05) is 0 Å². The lowest BCUT2D eigenvalue weighted by Gasteiger charge is -2.00. The van der Waals surface area contributed by atoms with Crippen LogP contribution in [-0.2, 0) is 12.8 Å². The van der Waals surface area contributed by atoms with Gasteiger partial charge in [0.2, 0.25) is 0 Å². The molecule has 0 aliphatic heterocycles. The largest absolute Gasteiger partial charge is 0.396 e. The highest BCUT2D eigenvalue weighted by atomic mass is 19.4. The van der Waals surface area contributed by atoms with E-state index in [0.717, 1.165) is 0 Å². The molecule has 4 nitrogen and oxygen atoms in total. The van der Waals surface area contributed by atoms with Crippen LogP contribution in [0.1, 0.15) is 11.6 Å². The topological polar surface area (TPSA) is 65.4 Å². The van der Waals surface area contributed by atoms with Gasteiger partial charge in [-0.05, 0) is 0 Å². The van der Waals surface area contributed by atoms with E-state index in [1.165, 1.54) is 0 Å². The maximum atomic E-state index is 11.8. The molecule has 0 aliphatic rings. The number of H-pyrrole nitrogens is 1. The molecule has 0 fully saturated rings. The average molecular weight is 190 g/mol. The number of hydrogen-bond donors (Lipinski definition) is 1. The van der Waals surface area contributed by atoms with Crippen LogP contribution in [0.25, 0.3) is 0 Å². The first-order valence-electron chi connectivity index (χ1n) is 3.35. The van der Waals surface area contributed by atoms with Crippen LogP contribution in [0.15, 0.2) is 0 Å². The quantitative estimate of drug-likeness (QED) is 0.755. The average Bonchev–Trinajstić information content (AvgIpc) is 2.33. The second kappa shape index (κ2) is 3.43. The number of aromatic amines is 1. The molecule has 13 heavy (non-hydrogen) atoms. The van der Waals surface area contributed by atoms with E-state index in [1.54, 1.807) is 6.07 Å². The molecule has 0 amide bonds. The number of alkyl halides is 3. The van der Waals surface area contributed by atoms with Gasteiger partial charge in [0, 0.05) is 0 Å². The third-order valence-electron chi connectivity index (χ3n) is 1.18. The molecule has 0 radical (unpaired) electrons. The first-order chi connectivity index (χ1) is 6.01. The van der Waals surface area contributed by atoms with Gasteiger partial charge in [-0.1, -0.05) is 0 Å². The van der Waals surface area contributed by atoms with Crippen molar-refractivity contribution in [2.75, 3.05) is 0 Å². The Hall–Kier alpha value is -1.58. The van der Waals surface area contributed by atoms with Crippen LogP contribution in [0.3, 0.4) is 0 Å². The minimum absolute atomic E-state index is 0.0850. The van der Waals surface area contributed by atoms with Crippen molar-refractivity contribution >= 4 is 0 Å². The summed E-state index contributed by atoms with van der Waals surface area (Å²) >= 11 is 0. The van der Waals surface area contributed by atoms with Crippen molar-refractivity contribution < 1.29 is 13.2 Å². The molecule has 0 aliphatic carbocycles. The van der Waals surface area contributed by atoms with Crippen LogP contribution in [0, 0.1) is 11.3 Å². The van der Waals surface area contributed by atoms with Crippen molar-refractivity contribution in [3.63, 3.8) is 0 Å². The van der Waals surface area contributed by atoms with E-state index in [0.29, 0.717) is 0 Å². The summed E-state index contributed by atoms with van der Waals surface area (Å²) in [5, 5.41) is 13.7. The number of rotatable bonds is 2. The minimum atomic E-state index is -4.30. The third-order valence-corrected chi connectivity index (χ3v) is 1.18. The Morgan fingerprint density at radius 2 is 2.15 bits per heavy atom. The van der Waals surface area contributed by atoms with Gasteiger partial charge in [-0.25, -0.2) is 4.98 Å². The van der Waals surface area contributed by atoms with Crippen LogP contribution in [-0.4, -0.2) is 21.4 Å². The Morgan fingerprint density at radius 1 is 1.46 bits per heavy atom. The number of halogens is 3. The van der Waals surface area contributed by atoms with Gasteiger partial charge in [0.25, 0.3) is 0 Å². The fraction of sp³-hybridized carbons (Fsp3) is 0.500. The Kier molecular flexibility index (Phi) is 2.51. The lowest BCUT2D eigenvalue weighted by molar-refractivity contribution is -0.128. The highest BCUT2D eigenvalue weighted by Crippen LogP contribution is 2.18. The van der Waals surface area contributed by atoms with E-state index >= 15 is 0 Å². The summed E-state index contributed by atoms with van der Waals surface area (Å²) in [6.07, 6.45) is -5.54. The standard InChI is InChI=1S/C6H5F3N4/c7-6(8,9)3-5-11-4(1-2-10)12-13-5/h1,3H2,(H,11,12,13). The monoisotopic (exact) mass is 190 g/mol. The normalized spacial score (nSPS) is 11.2. The predicted octanol–water partition coefficient (Wildman–Crippen LogP) is 0.976. The van der Waals surface area contributed by atoms with E-state index < -0.39 is 12.6 Å². The second-order valence-corrected chi connectivity index (χ2v) is 2.33. The Balaban J connectivity index is 2.65. The highest BCUT2D eigenvalue weighted by molar-refractivity contribution is 4.97. The van der Waals surface area contributed by atoms with Crippen molar-refractivity contribution in [1.82, 2.24) is 15.2 Å². The number of nitriles is 1. The van der Waals surface area contributed by atoms with Gasteiger partial charge >= 0.3 is 6.18 Å². The Bertz CT molecular complexity index is 321. The lowest BCUT2D eigenvalue weighted by atomic mass is 10.4.